The SMILES string of the molecule is CCCCCCC/C=C\C/C=C\C/C=C\CCCCCCCCCCCCCCCCCCCCCCCCCCCCC(=O)NC(COC1OC(CO)C(OC2OC(CO)C(O)C(O)C2O)C(O)C1O)C(O)CCCCCCCCCCCCCCCCCCCCCCCCCCCCC. The second-order valence-corrected chi connectivity index (χ2v) is 31.4. The third kappa shape index (κ3) is 53.9. The molecule has 0 spiro atoms. The van der Waals surface area contributed by atoms with E-state index in [0.717, 1.165) is 64.2 Å². The van der Waals surface area contributed by atoms with Crippen molar-refractivity contribution in [2.24, 2.45) is 0 Å². The molecule has 0 aromatic heterocycles. The minimum Gasteiger partial charge on any atom is -0.394 e. The molecule has 2 fully saturated rings. The second kappa shape index (κ2) is 72.1. The van der Waals surface area contributed by atoms with Crippen LogP contribution in [-0.2, 0) is 23.7 Å². The molecule has 0 radical (unpaired) electrons. The normalized spacial score (nSPS) is 21.7. The van der Waals surface area contributed by atoms with Gasteiger partial charge in [0.05, 0.1) is 32.0 Å². The molecule has 0 saturated carbocycles. The van der Waals surface area contributed by atoms with Crippen molar-refractivity contribution in [2.75, 3.05) is 19.8 Å². The van der Waals surface area contributed by atoms with Crippen LogP contribution in [0.1, 0.15) is 425 Å². The monoisotopic (exact) mass is 1450 g/mol. The largest absolute Gasteiger partial charge is 0.394 e. The average Bonchev–Trinajstić information content (AvgIpc) is 0.790. The summed E-state index contributed by atoms with van der Waals surface area (Å²) in [5, 5.41) is 88.0. The Kier molecular flexibility index (Phi) is 68.1. The number of aliphatic hydroxyl groups excluding tert-OH is 8. The molecular formula is C88H167NO13. The van der Waals surface area contributed by atoms with Crippen LogP contribution in [0.5, 0.6) is 0 Å². The quantitative estimate of drug-likeness (QED) is 0.0204. The first-order valence-corrected chi connectivity index (χ1v) is 44.2. The Hall–Kier alpha value is -1.79. The highest BCUT2D eigenvalue weighted by molar-refractivity contribution is 5.76. The number of hydrogen-bond donors (Lipinski definition) is 9. The minimum atomic E-state index is -1.78. The van der Waals surface area contributed by atoms with Gasteiger partial charge in [0.25, 0.3) is 0 Å². The number of carbonyl (C=O) groups is 1. The average molecular weight is 1450 g/mol. The number of rotatable bonds is 76. The smallest absolute Gasteiger partial charge is 0.220 e. The zero-order chi connectivity index (χ0) is 73.7. The first kappa shape index (κ1) is 96.3. The van der Waals surface area contributed by atoms with E-state index >= 15 is 0 Å². The number of aliphatic hydroxyl groups is 8. The number of amides is 1. The maximum absolute atomic E-state index is 13.4. The zero-order valence-electron chi connectivity index (χ0n) is 66.4. The Morgan fingerprint density at radius 2 is 0.647 bits per heavy atom. The van der Waals surface area contributed by atoms with Gasteiger partial charge in [-0.05, 0) is 51.4 Å². The van der Waals surface area contributed by atoms with E-state index in [1.807, 2.05) is 0 Å². The van der Waals surface area contributed by atoms with Crippen LogP contribution in [0.3, 0.4) is 0 Å². The molecule has 0 aromatic rings. The lowest BCUT2D eigenvalue weighted by atomic mass is 9.97. The van der Waals surface area contributed by atoms with Crippen LogP contribution >= 0.6 is 0 Å². The van der Waals surface area contributed by atoms with Gasteiger partial charge in [0, 0.05) is 6.42 Å². The summed E-state index contributed by atoms with van der Waals surface area (Å²) in [5.74, 6) is -0.196. The molecule has 12 atom stereocenters. The van der Waals surface area contributed by atoms with E-state index < -0.39 is 86.8 Å². The number of nitrogens with one attached hydrogen (secondary N) is 1. The maximum Gasteiger partial charge on any atom is 0.220 e. The van der Waals surface area contributed by atoms with Crippen molar-refractivity contribution < 1.29 is 64.6 Å². The number of hydrogen-bond acceptors (Lipinski definition) is 13. The fourth-order valence-electron chi connectivity index (χ4n) is 14.9. The highest BCUT2D eigenvalue weighted by atomic mass is 16.7. The van der Waals surface area contributed by atoms with Crippen LogP contribution < -0.4 is 5.32 Å². The summed E-state index contributed by atoms with van der Waals surface area (Å²) >= 11 is 0. The molecule has 9 N–H and O–H groups in total. The highest BCUT2D eigenvalue weighted by Gasteiger charge is 2.51. The van der Waals surface area contributed by atoms with E-state index in [-0.39, 0.29) is 12.5 Å². The van der Waals surface area contributed by atoms with Gasteiger partial charge in [-0.15, -0.1) is 0 Å². The molecule has 1 amide bonds. The van der Waals surface area contributed by atoms with Crippen molar-refractivity contribution in [3.8, 4) is 0 Å². The van der Waals surface area contributed by atoms with Crippen molar-refractivity contribution in [1.82, 2.24) is 5.32 Å². The predicted octanol–water partition coefficient (Wildman–Crippen LogP) is 21.1. The van der Waals surface area contributed by atoms with E-state index in [1.165, 1.54) is 334 Å². The maximum atomic E-state index is 13.4. The Morgan fingerprint density at radius 1 is 0.353 bits per heavy atom. The first-order valence-electron chi connectivity index (χ1n) is 44.2. The molecule has 2 rings (SSSR count). The van der Waals surface area contributed by atoms with Crippen LogP contribution in [0.2, 0.25) is 0 Å². The number of unbranched alkanes of at least 4 members (excludes halogenated alkanes) is 57. The van der Waals surface area contributed by atoms with Gasteiger partial charge in [-0.3, -0.25) is 4.79 Å². The number of ether oxygens (including phenoxy) is 4. The standard InChI is InChI=1S/C88H167NO13/c1-3-5-7-9-11-13-15-17-19-21-23-25-27-29-31-32-33-34-35-36-37-38-39-40-41-42-43-44-46-48-50-52-54-56-58-60-62-64-66-68-70-72-80(93)89-76(75-99-87-85(98)83(96)86(79(74-91)101-87)102-88-84(97)82(95)81(94)78(73-90)100-88)77(92)71-69-67-65-63-61-59-57-55-53-51-49-47-45-30-28-26-24-22-20-18-16-14-12-10-8-6-4-2/h15,17,21,23,27,29,76-79,81-88,90-92,94-98H,3-14,16,18-20,22,24-26,28,30-75H2,1-2H3,(H,89,93)/b17-15-,23-21-,29-27-. The summed E-state index contributed by atoms with van der Waals surface area (Å²) in [6.45, 7) is 2.93. The highest BCUT2D eigenvalue weighted by Crippen LogP contribution is 2.31. The third-order valence-corrected chi connectivity index (χ3v) is 21.9. The second-order valence-electron chi connectivity index (χ2n) is 31.4. The Labute approximate surface area is 627 Å². The van der Waals surface area contributed by atoms with Crippen molar-refractivity contribution in [3.63, 3.8) is 0 Å². The molecule has 0 aliphatic carbocycles. The molecule has 2 aliphatic rings. The lowest BCUT2D eigenvalue weighted by Crippen LogP contribution is -2.65. The fourth-order valence-corrected chi connectivity index (χ4v) is 14.9. The van der Waals surface area contributed by atoms with E-state index in [1.54, 1.807) is 0 Å². The lowest BCUT2D eigenvalue weighted by Gasteiger charge is -2.46. The molecule has 2 saturated heterocycles. The van der Waals surface area contributed by atoms with Gasteiger partial charge in [-0.25, -0.2) is 0 Å². The summed E-state index contributed by atoms with van der Waals surface area (Å²) in [5.41, 5.74) is 0. The van der Waals surface area contributed by atoms with Crippen molar-refractivity contribution in [2.45, 2.75) is 498 Å². The van der Waals surface area contributed by atoms with Gasteiger partial charge >= 0.3 is 0 Å². The zero-order valence-corrected chi connectivity index (χ0v) is 66.4. The van der Waals surface area contributed by atoms with Gasteiger partial charge in [-0.2, -0.15) is 0 Å². The van der Waals surface area contributed by atoms with Gasteiger partial charge in [0.15, 0.2) is 12.6 Å². The van der Waals surface area contributed by atoms with Crippen LogP contribution in [0.4, 0.5) is 0 Å². The Balaban J connectivity index is 1.54. The molecule has 102 heavy (non-hydrogen) atoms. The molecule has 602 valence electrons. The summed E-state index contributed by atoms with van der Waals surface area (Å²) in [6, 6.07) is -0.829. The molecule has 2 heterocycles. The van der Waals surface area contributed by atoms with Crippen molar-refractivity contribution in [3.05, 3.63) is 36.5 Å². The molecular weight excluding hydrogens is 1280 g/mol. The topological polar surface area (TPSA) is 228 Å². The van der Waals surface area contributed by atoms with Gasteiger partial charge in [0.2, 0.25) is 5.91 Å². The lowest BCUT2D eigenvalue weighted by molar-refractivity contribution is -0.359. The fraction of sp³-hybridized carbons (Fsp3) is 0.920. The molecule has 12 unspecified atom stereocenters. The summed E-state index contributed by atoms with van der Waals surface area (Å²) in [4.78, 5) is 13.4. The third-order valence-electron chi connectivity index (χ3n) is 21.9. The molecule has 14 nitrogen and oxygen atoms in total. The number of carbonyl (C=O) groups excluding carboxylic acids is 1. The van der Waals surface area contributed by atoms with Crippen LogP contribution in [-0.4, -0.2) is 140 Å². The molecule has 14 heteroatoms. The summed E-state index contributed by atoms with van der Waals surface area (Å²) < 4.78 is 23.0. The van der Waals surface area contributed by atoms with E-state index in [4.69, 9.17) is 18.9 Å². The van der Waals surface area contributed by atoms with E-state index in [2.05, 4.69) is 55.6 Å². The van der Waals surface area contributed by atoms with Gasteiger partial charge < -0.3 is 65.1 Å². The Bertz CT molecular complexity index is 1850. The number of allylic oxidation sites excluding steroid dienone is 6. The van der Waals surface area contributed by atoms with Crippen LogP contribution in [0, 0.1) is 0 Å². The van der Waals surface area contributed by atoms with E-state index in [0.29, 0.717) is 12.8 Å². The van der Waals surface area contributed by atoms with Crippen LogP contribution in [0.25, 0.3) is 0 Å². The van der Waals surface area contributed by atoms with Crippen molar-refractivity contribution >= 4 is 5.91 Å². The summed E-state index contributed by atoms with van der Waals surface area (Å²) in [6.07, 6.45) is 79.3. The molecule has 0 bridgehead atoms. The first-order chi connectivity index (χ1) is 50.1. The van der Waals surface area contributed by atoms with Crippen LogP contribution in [0.15, 0.2) is 36.5 Å². The summed E-state index contributed by atoms with van der Waals surface area (Å²) in [7, 11) is 0. The Morgan fingerprint density at radius 3 is 0.990 bits per heavy atom. The predicted molar refractivity (Wildman–Crippen MR) is 425 cm³/mol. The van der Waals surface area contributed by atoms with Gasteiger partial charge in [0.1, 0.15) is 48.8 Å². The minimum absolute atomic E-state index is 0.196. The molecule has 2 aliphatic heterocycles. The molecule has 0 aromatic carbocycles. The van der Waals surface area contributed by atoms with E-state index in [9.17, 15) is 45.6 Å². The van der Waals surface area contributed by atoms with Crippen molar-refractivity contribution in [1.29, 1.82) is 0 Å². The van der Waals surface area contributed by atoms with Gasteiger partial charge in [-0.1, -0.05) is 403 Å².